The van der Waals surface area contributed by atoms with E-state index in [-0.39, 0.29) is 11.9 Å². The van der Waals surface area contributed by atoms with Crippen molar-refractivity contribution in [2.75, 3.05) is 53.0 Å². The van der Waals surface area contributed by atoms with Crippen molar-refractivity contribution in [2.24, 2.45) is 0 Å². The van der Waals surface area contributed by atoms with Crippen molar-refractivity contribution in [2.45, 2.75) is 13.0 Å². The van der Waals surface area contributed by atoms with Crippen molar-refractivity contribution >= 4 is 5.91 Å². The molecule has 1 aromatic carbocycles. The molecule has 1 aliphatic rings. The van der Waals surface area contributed by atoms with Gasteiger partial charge in [0.2, 0.25) is 17.7 Å². The molecule has 1 fully saturated rings. The molecule has 0 bridgehead atoms. The fourth-order valence-corrected chi connectivity index (χ4v) is 3.12. The van der Waals surface area contributed by atoms with E-state index in [4.69, 9.17) is 9.15 Å². The Morgan fingerprint density at radius 1 is 1.22 bits per heavy atom. The largest absolute Gasteiger partial charge is 0.419 e. The van der Waals surface area contributed by atoms with Crippen LogP contribution in [0, 0.1) is 0 Å². The number of nitrogens with one attached hydrogen (secondary N) is 1. The fraction of sp³-hybridized carbons (Fsp3) is 0.526. The van der Waals surface area contributed by atoms with E-state index in [0.717, 1.165) is 31.7 Å². The van der Waals surface area contributed by atoms with Gasteiger partial charge in [0.05, 0.1) is 19.2 Å². The number of nitrogens with zero attached hydrogens (tertiary/aromatic N) is 4. The molecule has 1 atom stereocenters. The Bertz CT molecular complexity index is 713. The number of methoxy groups -OCH3 is 1. The number of ether oxygens (including phenoxy) is 1. The lowest BCUT2D eigenvalue weighted by molar-refractivity contribution is -0.122. The normalized spacial score (nSPS) is 17.0. The number of hydrogen-bond donors (Lipinski definition) is 1. The molecule has 1 saturated heterocycles. The first-order valence-electron chi connectivity index (χ1n) is 9.28. The minimum atomic E-state index is 0.0398. The Morgan fingerprint density at radius 2 is 1.96 bits per heavy atom. The summed E-state index contributed by atoms with van der Waals surface area (Å²) in [6, 6.07) is 9.82. The summed E-state index contributed by atoms with van der Waals surface area (Å²) >= 11 is 0. The zero-order chi connectivity index (χ0) is 19.1. The summed E-state index contributed by atoms with van der Waals surface area (Å²) in [5.74, 6) is 1.21. The topological polar surface area (TPSA) is 83.7 Å². The van der Waals surface area contributed by atoms with E-state index in [1.165, 1.54) is 0 Å². The monoisotopic (exact) mass is 373 g/mol. The summed E-state index contributed by atoms with van der Waals surface area (Å²) in [4.78, 5) is 16.4. The SMILES string of the molecule is COCCNC(=O)CN1CCN(C(C)c2nnc(-c3ccccc3)o2)CC1. The van der Waals surface area contributed by atoms with Crippen LogP contribution in [0.25, 0.3) is 11.5 Å². The predicted molar refractivity (Wildman–Crippen MR) is 101 cm³/mol. The molecule has 1 aromatic heterocycles. The summed E-state index contributed by atoms with van der Waals surface area (Å²) in [7, 11) is 1.62. The molecule has 2 heterocycles. The maximum Gasteiger partial charge on any atom is 0.247 e. The molecule has 0 saturated carbocycles. The van der Waals surface area contributed by atoms with Crippen LogP contribution in [0.5, 0.6) is 0 Å². The molecule has 1 N–H and O–H groups in total. The van der Waals surface area contributed by atoms with Gasteiger partial charge in [-0.1, -0.05) is 18.2 Å². The molecule has 0 spiro atoms. The van der Waals surface area contributed by atoms with Gasteiger partial charge < -0.3 is 14.5 Å². The lowest BCUT2D eigenvalue weighted by Crippen LogP contribution is -2.50. The fourth-order valence-electron chi connectivity index (χ4n) is 3.12. The molecule has 27 heavy (non-hydrogen) atoms. The highest BCUT2D eigenvalue weighted by Gasteiger charge is 2.26. The van der Waals surface area contributed by atoms with Gasteiger partial charge in [-0.05, 0) is 19.1 Å². The van der Waals surface area contributed by atoms with E-state index < -0.39 is 0 Å². The third-order valence-corrected chi connectivity index (χ3v) is 4.77. The number of carbonyl (C=O) groups is 1. The zero-order valence-corrected chi connectivity index (χ0v) is 15.9. The van der Waals surface area contributed by atoms with Gasteiger partial charge >= 0.3 is 0 Å². The van der Waals surface area contributed by atoms with Crippen LogP contribution >= 0.6 is 0 Å². The van der Waals surface area contributed by atoms with Crippen LogP contribution in [0.4, 0.5) is 0 Å². The van der Waals surface area contributed by atoms with E-state index >= 15 is 0 Å². The van der Waals surface area contributed by atoms with Crippen LogP contribution in [-0.2, 0) is 9.53 Å². The summed E-state index contributed by atoms with van der Waals surface area (Å²) in [5.41, 5.74) is 0.924. The van der Waals surface area contributed by atoms with Crippen molar-refractivity contribution in [1.82, 2.24) is 25.3 Å². The second-order valence-electron chi connectivity index (χ2n) is 6.64. The molecule has 1 amide bonds. The lowest BCUT2D eigenvalue weighted by atomic mass is 10.2. The van der Waals surface area contributed by atoms with Crippen molar-refractivity contribution < 1.29 is 13.9 Å². The number of carbonyl (C=O) groups excluding carboxylic acids is 1. The summed E-state index contributed by atoms with van der Waals surface area (Å²) in [6.07, 6.45) is 0. The highest BCUT2D eigenvalue weighted by molar-refractivity contribution is 5.78. The van der Waals surface area contributed by atoms with E-state index in [1.54, 1.807) is 7.11 Å². The molecule has 0 aliphatic carbocycles. The highest BCUT2D eigenvalue weighted by Crippen LogP contribution is 2.24. The van der Waals surface area contributed by atoms with Gasteiger partial charge in [0, 0.05) is 45.4 Å². The Balaban J connectivity index is 1.48. The molecule has 8 heteroatoms. The summed E-state index contributed by atoms with van der Waals surface area (Å²) < 4.78 is 10.8. The third kappa shape index (κ3) is 5.35. The highest BCUT2D eigenvalue weighted by atomic mass is 16.5. The van der Waals surface area contributed by atoms with Gasteiger partial charge in [-0.25, -0.2) is 0 Å². The second-order valence-corrected chi connectivity index (χ2v) is 6.64. The molecule has 8 nitrogen and oxygen atoms in total. The standard InChI is InChI=1S/C19H27N5O3/c1-15(18-21-22-19(27-18)16-6-4-3-5-7-16)24-11-9-23(10-12-24)14-17(25)20-8-13-26-2/h3-7,15H,8-14H2,1-2H3,(H,20,25). The zero-order valence-electron chi connectivity index (χ0n) is 15.9. The summed E-state index contributed by atoms with van der Waals surface area (Å²) in [6.45, 7) is 6.97. The van der Waals surface area contributed by atoms with Crippen molar-refractivity contribution in [3.8, 4) is 11.5 Å². The average Bonchev–Trinajstić information content (AvgIpc) is 3.19. The minimum absolute atomic E-state index is 0.0398. The van der Waals surface area contributed by atoms with Crippen molar-refractivity contribution in [1.29, 1.82) is 0 Å². The molecule has 146 valence electrons. The molecule has 2 aromatic rings. The second kappa shape index (κ2) is 9.59. The molecular formula is C19H27N5O3. The van der Waals surface area contributed by atoms with Gasteiger partial charge in [0.15, 0.2) is 0 Å². The number of benzene rings is 1. The quantitative estimate of drug-likeness (QED) is 0.696. The maximum atomic E-state index is 11.9. The number of piperazine rings is 1. The van der Waals surface area contributed by atoms with E-state index in [9.17, 15) is 4.79 Å². The molecule has 3 rings (SSSR count). The van der Waals surface area contributed by atoms with Gasteiger partial charge in [-0.15, -0.1) is 10.2 Å². The van der Waals surface area contributed by atoms with Gasteiger partial charge in [0.1, 0.15) is 0 Å². The first kappa shape index (κ1) is 19.5. The van der Waals surface area contributed by atoms with Crippen LogP contribution in [0.2, 0.25) is 0 Å². The van der Waals surface area contributed by atoms with E-state index in [2.05, 4.69) is 32.2 Å². The van der Waals surface area contributed by atoms with Crippen molar-refractivity contribution in [3.63, 3.8) is 0 Å². The van der Waals surface area contributed by atoms with Gasteiger partial charge in [-0.2, -0.15) is 0 Å². The van der Waals surface area contributed by atoms with Crippen LogP contribution < -0.4 is 5.32 Å². The number of aromatic nitrogens is 2. The van der Waals surface area contributed by atoms with Crippen LogP contribution in [0.15, 0.2) is 34.7 Å². The molecular weight excluding hydrogens is 346 g/mol. The molecule has 1 unspecified atom stereocenters. The summed E-state index contributed by atoms with van der Waals surface area (Å²) in [5, 5.41) is 11.3. The van der Waals surface area contributed by atoms with Crippen LogP contribution in [0.1, 0.15) is 18.9 Å². The van der Waals surface area contributed by atoms with Gasteiger partial charge in [-0.3, -0.25) is 14.6 Å². The first-order valence-corrected chi connectivity index (χ1v) is 9.28. The Hall–Kier alpha value is -2.29. The minimum Gasteiger partial charge on any atom is -0.419 e. The first-order chi connectivity index (χ1) is 13.2. The smallest absolute Gasteiger partial charge is 0.247 e. The van der Waals surface area contributed by atoms with Crippen molar-refractivity contribution in [3.05, 3.63) is 36.2 Å². The van der Waals surface area contributed by atoms with Gasteiger partial charge in [0.25, 0.3) is 0 Å². The Kier molecular flexibility index (Phi) is 6.92. The maximum absolute atomic E-state index is 11.9. The molecule has 0 radical (unpaired) electrons. The van der Waals surface area contributed by atoms with Crippen LogP contribution in [-0.4, -0.2) is 78.9 Å². The number of amides is 1. The third-order valence-electron chi connectivity index (χ3n) is 4.77. The molecule has 1 aliphatic heterocycles. The number of rotatable bonds is 8. The lowest BCUT2D eigenvalue weighted by Gasteiger charge is -2.36. The predicted octanol–water partition coefficient (Wildman–Crippen LogP) is 1.18. The van der Waals surface area contributed by atoms with E-state index in [0.29, 0.717) is 31.5 Å². The van der Waals surface area contributed by atoms with E-state index in [1.807, 2.05) is 30.3 Å². The number of hydrogen-bond acceptors (Lipinski definition) is 7. The van der Waals surface area contributed by atoms with Crippen LogP contribution in [0.3, 0.4) is 0 Å². The Labute approximate surface area is 159 Å². The average molecular weight is 373 g/mol. The Morgan fingerprint density at radius 3 is 2.67 bits per heavy atom.